The van der Waals surface area contributed by atoms with Gasteiger partial charge in [-0.15, -0.1) is 0 Å². The van der Waals surface area contributed by atoms with Gasteiger partial charge in [0.25, 0.3) is 5.89 Å². The fourth-order valence-corrected chi connectivity index (χ4v) is 1.73. The largest absolute Gasteiger partial charge is 0.334 e. The molecular formula is C14H9N5O. The molecule has 0 saturated heterocycles. The molecule has 0 radical (unpaired) electrons. The van der Waals surface area contributed by atoms with Crippen LogP contribution in [-0.2, 0) is 0 Å². The normalized spacial score (nSPS) is 10.2. The molecular weight excluding hydrogens is 254 g/mol. The summed E-state index contributed by atoms with van der Waals surface area (Å²) in [5.74, 6) is 0.751. The molecule has 0 aliphatic carbocycles. The second-order valence-corrected chi connectivity index (χ2v) is 4.18. The molecule has 6 heteroatoms. The third kappa shape index (κ3) is 2.24. The zero-order chi connectivity index (χ0) is 13.9. The lowest BCUT2D eigenvalue weighted by atomic mass is 10.2. The van der Waals surface area contributed by atoms with E-state index >= 15 is 0 Å². The van der Waals surface area contributed by atoms with Crippen LogP contribution in [-0.4, -0.2) is 20.1 Å². The summed E-state index contributed by atoms with van der Waals surface area (Å²) in [6.45, 7) is 1.97. The van der Waals surface area contributed by atoms with Crippen molar-refractivity contribution in [2.24, 2.45) is 0 Å². The van der Waals surface area contributed by atoms with Crippen molar-refractivity contribution >= 4 is 0 Å². The first kappa shape index (κ1) is 12.0. The Labute approximate surface area is 114 Å². The molecule has 0 aromatic carbocycles. The molecule has 3 aromatic rings. The molecule has 3 rings (SSSR count). The second kappa shape index (κ2) is 4.90. The van der Waals surface area contributed by atoms with E-state index in [1.807, 2.05) is 25.1 Å². The molecule has 6 nitrogen and oxygen atoms in total. The van der Waals surface area contributed by atoms with Crippen molar-refractivity contribution in [3.63, 3.8) is 0 Å². The van der Waals surface area contributed by atoms with E-state index in [0.717, 1.165) is 5.56 Å². The third-order valence-electron chi connectivity index (χ3n) is 2.69. The number of nitriles is 1. The Bertz CT molecular complexity index is 803. The van der Waals surface area contributed by atoms with Gasteiger partial charge in [-0.05, 0) is 36.8 Å². The predicted octanol–water partition coefficient (Wildman–Crippen LogP) is 2.37. The SMILES string of the molecule is Cc1ccnc(-c2noc(-c3ccnc(C#N)c3)n2)c1. The summed E-state index contributed by atoms with van der Waals surface area (Å²) >= 11 is 0. The van der Waals surface area contributed by atoms with Crippen LogP contribution in [0.3, 0.4) is 0 Å². The number of aromatic nitrogens is 4. The van der Waals surface area contributed by atoms with Gasteiger partial charge >= 0.3 is 0 Å². The molecule has 0 fully saturated rings. The second-order valence-electron chi connectivity index (χ2n) is 4.18. The van der Waals surface area contributed by atoms with Crippen molar-refractivity contribution in [2.45, 2.75) is 6.92 Å². The van der Waals surface area contributed by atoms with E-state index in [0.29, 0.717) is 28.7 Å². The van der Waals surface area contributed by atoms with Crippen molar-refractivity contribution in [3.05, 3.63) is 47.9 Å². The predicted molar refractivity (Wildman–Crippen MR) is 70.2 cm³/mol. The van der Waals surface area contributed by atoms with Crippen LogP contribution in [0.5, 0.6) is 0 Å². The highest BCUT2D eigenvalue weighted by Crippen LogP contribution is 2.21. The Morgan fingerprint density at radius 1 is 1.15 bits per heavy atom. The maximum atomic E-state index is 8.83. The van der Waals surface area contributed by atoms with Crippen molar-refractivity contribution in [1.29, 1.82) is 5.26 Å². The van der Waals surface area contributed by atoms with Gasteiger partial charge in [0.15, 0.2) is 0 Å². The van der Waals surface area contributed by atoms with E-state index in [1.165, 1.54) is 6.20 Å². The first-order chi connectivity index (χ1) is 9.76. The van der Waals surface area contributed by atoms with Crippen LogP contribution >= 0.6 is 0 Å². The number of hydrogen-bond acceptors (Lipinski definition) is 6. The summed E-state index contributed by atoms with van der Waals surface area (Å²) in [6.07, 6.45) is 3.23. The monoisotopic (exact) mass is 263 g/mol. The molecule has 3 heterocycles. The highest BCUT2D eigenvalue weighted by atomic mass is 16.5. The summed E-state index contributed by atoms with van der Waals surface area (Å²) in [7, 11) is 0. The van der Waals surface area contributed by atoms with E-state index in [-0.39, 0.29) is 0 Å². The quantitative estimate of drug-likeness (QED) is 0.705. The van der Waals surface area contributed by atoms with Crippen molar-refractivity contribution in [2.75, 3.05) is 0 Å². The first-order valence-electron chi connectivity index (χ1n) is 5.89. The maximum absolute atomic E-state index is 8.83. The summed E-state index contributed by atoms with van der Waals surface area (Å²) in [5.41, 5.74) is 2.67. The molecule has 0 N–H and O–H groups in total. The summed E-state index contributed by atoms with van der Waals surface area (Å²) in [4.78, 5) is 12.4. The van der Waals surface area contributed by atoms with Gasteiger partial charge in [-0.3, -0.25) is 4.98 Å². The fourth-order valence-electron chi connectivity index (χ4n) is 1.73. The zero-order valence-electron chi connectivity index (χ0n) is 10.6. The molecule has 0 saturated carbocycles. The van der Waals surface area contributed by atoms with Gasteiger partial charge in [-0.2, -0.15) is 10.2 Å². The average molecular weight is 263 g/mol. The molecule has 0 bridgehead atoms. The molecule has 0 aliphatic heterocycles. The number of hydrogen-bond donors (Lipinski definition) is 0. The number of pyridine rings is 2. The number of nitrogens with zero attached hydrogens (tertiary/aromatic N) is 5. The van der Waals surface area contributed by atoms with E-state index in [2.05, 4.69) is 20.1 Å². The highest BCUT2D eigenvalue weighted by Gasteiger charge is 2.12. The van der Waals surface area contributed by atoms with Crippen LogP contribution in [0.4, 0.5) is 0 Å². The summed E-state index contributed by atoms with van der Waals surface area (Å²) in [5, 5.41) is 12.7. The van der Waals surface area contributed by atoms with Gasteiger partial charge in [0.1, 0.15) is 17.5 Å². The van der Waals surface area contributed by atoms with Crippen LogP contribution in [0, 0.1) is 18.3 Å². The van der Waals surface area contributed by atoms with Gasteiger partial charge in [0, 0.05) is 18.0 Å². The van der Waals surface area contributed by atoms with Gasteiger partial charge in [0.05, 0.1) is 0 Å². The Balaban J connectivity index is 2.00. The van der Waals surface area contributed by atoms with Crippen LogP contribution < -0.4 is 0 Å². The van der Waals surface area contributed by atoms with E-state index in [4.69, 9.17) is 9.78 Å². The van der Waals surface area contributed by atoms with Crippen molar-refractivity contribution in [1.82, 2.24) is 20.1 Å². The lowest BCUT2D eigenvalue weighted by Gasteiger charge is -1.94. The molecule has 3 aromatic heterocycles. The minimum atomic E-state index is 0.302. The summed E-state index contributed by atoms with van der Waals surface area (Å²) in [6, 6.07) is 9.05. The van der Waals surface area contributed by atoms with Crippen LogP contribution in [0.1, 0.15) is 11.3 Å². The lowest BCUT2D eigenvalue weighted by molar-refractivity contribution is 0.432. The highest BCUT2D eigenvalue weighted by molar-refractivity contribution is 5.58. The average Bonchev–Trinajstić information content (AvgIpc) is 2.97. The molecule has 0 unspecified atom stereocenters. The zero-order valence-corrected chi connectivity index (χ0v) is 10.6. The molecule has 0 spiro atoms. The van der Waals surface area contributed by atoms with Gasteiger partial charge < -0.3 is 4.52 Å². The van der Waals surface area contributed by atoms with Crippen LogP contribution in [0.15, 0.2) is 41.2 Å². The molecule has 96 valence electrons. The maximum Gasteiger partial charge on any atom is 0.258 e. The van der Waals surface area contributed by atoms with Gasteiger partial charge in [-0.25, -0.2) is 4.98 Å². The lowest BCUT2D eigenvalue weighted by Crippen LogP contribution is -1.87. The smallest absolute Gasteiger partial charge is 0.258 e. The van der Waals surface area contributed by atoms with Crippen LogP contribution in [0.2, 0.25) is 0 Å². The Hall–Kier alpha value is -3.07. The summed E-state index contributed by atoms with van der Waals surface area (Å²) < 4.78 is 5.21. The molecule has 0 aliphatic rings. The minimum Gasteiger partial charge on any atom is -0.334 e. The van der Waals surface area contributed by atoms with Gasteiger partial charge in [0.2, 0.25) is 5.82 Å². The topological polar surface area (TPSA) is 88.5 Å². The standard InChI is InChI=1S/C14H9N5O/c1-9-2-4-17-12(6-9)13-18-14(20-19-13)10-3-5-16-11(7-10)8-15/h2-7H,1H3. The third-order valence-corrected chi connectivity index (χ3v) is 2.69. The van der Waals surface area contributed by atoms with Gasteiger partial charge in [-0.1, -0.05) is 5.16 Å². The molecule has 0 atom stereocenters. The van der Waals surface area contributed by atoms with E-state index < -0.39 is 0 Å². The van der Waals surface area contributed by atoms with E-state index in [9.17, 15) is 0 Å². The van der Waals surface area contributed by atoms with E-state index in [1.54, 1.807) is 18.3 Å². The van der Waals surface area contributed by atoms with Crippen LogP contribution in [0.25, 0.3) is 23.0 Å². The number of rotatable bonds is 2. The number of aryl methyl sites for hydroxylation is 1. The Kier molecular flexibility index (Phi) is 2.94. The molecule has 0 amide bonds. The molecule has 20 heavy (non-hydrogen) atoms. The van der Waals surface area contributed by atoms with Crippen molar-refractivity contribution < 1.29 is 4.52 Å². The minimum absolute atomic E-state index is 0.302. The fraction of sp³-hybridized carbons (Fsp3) is 0.0714. The first-order valence-corrected chi connectivity index (χ1v) is 5.89. The van der Waals surface area contributed by atoms with Crippen molar-refractivity contribution in [3.8, 4) is 29.0 Å². The Morgan fingerprint density at radius 3 is 2.80 bits per heavy atom. The Morgan fingerprint density at radius 2 is 2.00 bits per heavy atom.